The molecule has 8 aromatic carbocycles. The van der Waals surface area contributed by atoms with Crippen LogP contribution in [-0.2, 0) is 0 Å². The second-order valence-corrected chi connectivity index (χ2v) is 13.6. The minimum atomic E-state index is 0.475. The molecule has 4 heteroatoms. The van der Waals surface area contributed by atoms with E-state index in [9.17, 15) is 0 Å². The van der Waals surface area contributed by atoms with Crippen LogP contribution in [0.1, 0.15) is 16.7 Å². The molecule has 0 amide bonds. The van der Waals surface area contributed by atoms with E-state index in [4.69, 9.17) is 20.4 Å². The molecule has 0 aliphatic rings. The Morgan fingerprint density at radius 2 is 0.768 bits per heavy atom. The van der Waals surface area contributed by atoms with E-state index in [-0.39, 0.29) is 0 Å². The molecule has 0 saturated carbocycles. The zero-order valence-electron chi connectivity index (χ0n) is 30.5. The van der Waals surface area contributed by atoms with Crippen molar-refractivity contribution in [2.24, 2.45) is 0 Å². The molecule has 0 atom stereocenters. The van der Waals surface area contributed by atoms with Crippen LogP contribution < -0.4 is 0 Å². The van der Waals surface area contributed by atoms with Crippen LogP contribution in [0.3, 0.4) is 0 Å². The van der Waals surface area contributed by atoms with Crippen molar-refractivity contribution < 1.29 is 0 Å². The number of fused-ring (bicyclic) bond motifs is 1. The summed E-state index contributed by atoms with van der Waals surface area (Å²) in [7, 11) is 0. The summed E-state index contributed by atoms with van der Waals surface area (Å²) in [5.74, 6) is 1.93. The highest BCUT2D eigenvalue weighted by Gasteiger charge is 2.14. The second kappa shape index (κ2) is 15.4. The topological polar surface area (TPSA) is 62.5 Å². The highest BCUT2D eigenvalue weighted by molar-refractivity contribution is 6.13. The average Bonchev–Trinajstić information content (AvgIpc) is 3.29. The van der Waals surface area contributed by atoms with Gasteiger partial charge in [0.05, 0.1) is 5.71 Å². The first-order valence-corrected chi connectivity index (χ1v) is 18.7. The van der Waals surface area contributed by atoms with Gasteiger partial charge in [0.15, 0.2) is 17.5 Å². The van der Waals surface area contributed by atoms with Crippen LogP contribution in [0, 0.1) is 5.41 Å². The molecule has 0 bridgehead atoms. The largest absolute Gasteiger partial charge is 0.300 e. The van der Waals surface area contributed by atoms with E-state index >= 15 is 0 Å². The Morgan fingerprint density at radius 3 is 1.29 bits per heavy atom. The molecule has 0 saturated heterocycles. The van der Waals surface area contributed by atoms with E-state index in [1.807, 2.05) is 103 Å². The van der Waals surface area contributed by atoms with Gasteiger partial charge in [0.2, 0.25) is 0 Å². The van der Waals surface area contributed by atoms with Gasteiger partial charge in [-0.3, -0.25) is 0 Å². The maximum absolute atomic E-state index is 8.99. The summed E-state index contributed by atoms with van der Waals surface area (Å²) in [6.45, 7) is 0. The molecule has 9 aromatic rings. The van der Waals surface area contributed by atoms with Crippen LogP contribution in [0.15, 0.2) is 212 Å². The van der Waals surface area contributed by atoms with Gasteiger partial charge >= 0.3 is 0 Å². The third-order valence-corrected chi connectivity index (χ3v) is 10.0. The molecule has 0 radical (unpaired) electrons. The summed E-state index contributed by atoms with van der Waals surface area (Å²) >= 11 is 0. The number of nitrogens with one attached hydrogen (secondary N) is 1. The van der Waals surface area contributed by atoms with Gasteiger partial charge in [0.1, 0.15) is 0 Å². The molecule has 1 heterocycles. The summed E-state index contributed by atoms with van der Waals surface area (Å²) in [5.41, 5.74) is 11.9. The molecule has 0 spiro atoms. The van der Waals surface area contributed by atoms with Crippen LogP contribution in [0.5, 0.6) is 0 Å². The SMILES string of the molecule is N=C(/C=C(/c1ccccc1)c1cccc2ccc(-c3ccc(-c4ccc(-c5nc(-c6ccccc6)nc(-c6ccccc6)n5)cc4)cc3)cc12)c1ccccc1. The van der Waals surface area contributed by atoms with Gasteiger partial charge in [-0.2, -0.15) is 0 Å². The zero-order valence-corrected chi connectivity index (χ0v) is 30.5. The van der Waals surface area contributed by atoms with E-state index < -0.39 is 0 Å². The lowest BCUT2D eigenvalue weighted by Crippen LogP contribution is -2.00. The van der Waals surface area contributed by atoms with Crippen molar-refractivity contribution in [3.8, 4) is 56.4 Å². The van der Waals surface area contributed by atoms with E-state index in [1.54, 1.807) is 0 Å². The number of allylic oxidation sites excluding steroid dienone is 1. The fourth-order valence-corrected chi connectivity index (χ4v) is 7.07. The predicted molar refractivity (Wildman–Crippen MR) is 231 cm³/mol. The maximum atomic E-state index is 8.99. The van der Waals surface area contributed by atoms with Gasteiger partial charge in [-0.05, 0) is 67.4 Å². The standard InChI is InChI=1S/C52H36N4/c53-49(41-16-7-2-8-17-41)35-48(39-14-5-1-6-15-39)46-23-13-22-40-30-33-45(34-47(40)46)38-26-24-36(25-27-38)37-28-31-44(32-29-37)52-55-50(42-18-9-3-10-19-42)54-51(56-52)43-20-11-4-12-21-43/h1-35,53H/b48-35-,53-49?. The summed E-state index contributed by atoms with van der Waals surface area (Å²) < 4.78 is 0. The molecule has 1 aromatic heterocycles. The summed E-state index contributed by atoms with van der Waals surface area (Å²) in [6, 6.07) is 70.6. The molecule has 4 nitrogen and oxygen atoms in total. The normalized spacial score (nSPS) is 11.4. The third-order valence-electron chi connectivity index (χ3n) is 10.0. The van der Waals surface area contributed by atoms with Crippen molar-refractivity contribution >= 4 is 22.1 Å². The molecule has 56 heavy (non-hydrogen) atoms. The third kappa shape index (κ3) is 7.20. The molecule has 0 unspecified atom stereocenters. The Kier molecular flexibility index (Phi) is 9.43. The summed E-state index contributed by atoms with van der Waals surface area (Å²) in [5, 5.41) is 11.3. The van der Waals surface area contributed by atoms with E-state index in [1.165, 1.54) is 0 Å². The molecular formula is C52H36N4. The van der Waals surface area contributed by atoms with Crippen molar-refractivity contribution in [3.63, 3.8) is 0 Å². The number of hydrogen-bond acceptors (Lipinski definition) is 4. The van der Waals surface area contributed by atoms with E-state index in [0.29, 0.717) is 23.2 Å². The van der Waals surface area contributed by atoms with Crippen LogP contribution in [0.25, 0.3) is 72.8 Å². The first-order chi connectivity index (χ1) is 27.7. The Hall–Kier alpha value is -7.56. The Labute approximate surface area is 326 Å². The van der Waals surface area contributed by atoms with Gasteiger partial charge in [-0.15, -0.1) is 0 Å². The number of aromatic nitrogens is 3. The highest BCUT2D eigenvalue weighted by Crippen LogP contribution is 2.35. The summed E-state index contributed by atoms with van der Waals surface area (Å²) in [4.78, 5) is 14.6. The molecule has 0 fully saturated rings. The number of nitrogens with zero attached hydrogens (tertiary/aromatic N) is 3. The zero-order chi connectivity index (χ0) is 37.7. The Bertz CT molecular complexity index is 2760. The van der Waals surface area contributed by atoms with E-state index in [0.717, 1.165) is 72.0 Å². The summed E-state index contributed by atoms with van der Waals surface area (Å²) in [6.07, 6.45) is 2.00. The first kappa shape index (κ1) is 34.2. The predicted octanol–water partition coefficient (Wildman–Crippen LogP) is 12.9. The molecule has 9 rings (SSSR count). The molecule has 264 valence electrons. The number of rotatable bonds is 9. The molecular weight excluding hydrogens is 681 g/mol. The van der Waals surface area contributed by atoms with Gasteiger partial charge in [0.25, 0.3) is 0 Å². The first-order valence-electron chi connectivity index (χ1n) is 18.7. The lowest BCUT2D eigenvalue weighted by molar-refractivity contribution is 1.07. The minimum absolute atomic E-state index is 0.475. The Balaban J connectivity index is 1.03. The lowest BCUT2D eigenvalue weighted by atomic mass is 9.90. The van der Waals surface area contributed by atoms with Crippen LogP contribution in [0.2, 0.25) is 0 Å². The van der Waals surface area contributed by atoms with Gasteiger partial charge in [-0.1, -0.05) is 200 Å². The average molecular weight is 717 g/mol. The van der Waals surface area contributed by atoms with E-state index in [2.05, 4.69) is 109 Å². The molecule has 0 aliphatic heterocycles. The maximum Gasteiger partial charge on any atom is 0.164 e. The fraction of sp³-hybridized carbons (Fsp3) is 0. The monoisotopic (exact) mass is 716 g/mol. The highest BCUT2D eigenvalue weighted by atomic mass is 15.0. The van der Waals surface area contributed by atoms with Crippen molar-refractivity contribution in [1.29, 1.82) is 5.41 Å². The lowest BCUT2D eigenvalue weighted by Gasteiger charge is -2.14. The van der Waals surface area contributed by atoms with Crippen molar-refractivity contribution in [2.45, 2.75) is 0 Å². The molecule has 1 N–H and O–H groups in total. The van der Waals surface area contributed by atoms with Gasteiger partial charge in [0, 0.05) is 16.7 Å². The van der Waals surface area contributed by atoms with Gasteiger partial charge < -0.3 is 5.41 Å². The Morgan fingerprint density at radius 1 is 0.357 bits per heavy atom. The van der Waals surface area contributed by atoms with Crippen molar-refractivity contribution in [1.82, 2.24) is 15.0 Å². The smallest absolute Gasteiger partial charge is 0.164 e. The van der Waals surface area contributed by atoms with Crippen molar-refractivity contribution in [3.05, 3.63) is 229 Å². The second-order valence-electron chi connectivity index (χ2n) is 13.6. The quantitative estimate of drug-likeness (QED) is 0.151. The number of benzene rings is 8. The molecule has 0 aliphatic carbocycles. The van der Waals surface area contributed by atoms with Gasteiger partial charge in [-0.25, -0.2) is 15.0 Å². The fourth-order valence-electron chi connectivity index (χ4n) is 7.07. The van der Waals surface area contributed by atoms with Crippen LogP contribution in [-0.4, -0.2) is 20.7 Å². The minimum Gasteiger partial charge on any atom is -0.300 e. The van der Waals surface area contributed by atoms with Crippen LogP contribution in [0.4, 0.5) is 0 Å². The number of hydrogen-bond donors (Lipinski definition) is 1. The van der Waals surface area contributed by atoms with Crippen molar-refractivity contribution in [2.75, 3.05) is 0 Å². The van der Waals surface area contributed by atoms with Crippen LogP contribution >= 0.6 is 0 Å².